The largest absolute Gasteiger partial charge is 0.491 e. The summed E-state index contributed by atoms with van der Waals surface area (Å²) in [5.74, 6) is 2.64. The van der Waals surface area contributed by atoms with Crippen LogP contribution in [0.25, 0.3) is 0 Å². The molecule has 142 valence electrons. The quantitative estimate of drug-likeness (QED) is 0.503. The molecule has 0 aromatic heterocycles. The van der Waals surface area contributed by atoms with Gasteiger partial charge in [0.25, 0.3) is 0 Å². The van der Waals surface area contributed by atoms with E-state index in [1.807, 2.05) is 0 Å². The highest BCUT2D eigenvalue weighted by atomic mass is 16.6. The summed E-state index contributed by atoms with van der Waals surface area (Å²) in [7, 11) is 0. The Kier molecular flexibility index (Phi) is 4.88. The normalized spacial score (nSPS) is 26.1. The Morgan fingerprint density at radius 2 is 1.21 bits per heavy atom. The predicted molar refractivity (Wildman–Crippen MR) is 112 cm³/mol. The molecule has 2 fully saturated rings. The molecule has 2 heteroatoms. The maximum Gasteiger partial charge on any atom is 0.119 e. The van der Waals surface area contributed by atoms with Gasteiger partial charge in [-0.1, -0.05) is 72.8 Å². The fourth-order valence-electron chi connectivity index (χ4n) is 4.64. The summed E-state index contributed by atoms with van der Waals surface area (Å²) < 4.78 is 11.1. The van der Waals surface area contributed by atoms with Crippen molar-refractivity contribution in [1.29, 1.82) is 0 Å². The van der Waals surface area contributed by atoms with E-state index in [2.05, 4.69) is 84.9 Å². The van der Waals surface area contributed by atoms with E-state index in [0.717, 1.165) is 12.4 Å². The molecule has 1 saturated heterocycles. The van der Waals surface area contributed by atoms with Gasteiger partial charge in [-0.25, -0.2) is 0 Å². The van der Waals surface area contributed by atoms with Crippen LogP contribution in [0.2, 0.25) is 0 Å². The van der Waals surface area contributed by atoms with Gasteiger partial charge in [-0.2, -0.15) is 0 Å². The molecule has 0 radical (unpaired) electrons. The molecular weight excluding hydrogens is 344 g/mol. The second kappa shape index (κ2) is 7.81. The molecule has 1 aliphatic heterocycles. The topological polar surface area (TPSA) is 21.8 Å². The highest BCUT2D eigenvalue weighted by molar-refractivity contribution is 5.37. The van der Waals surface area contributed by atoms with Crippen LogP contribution < -0.4 is 4.74 Å². The van der Waals surface area contributed by atoms with Gasteiger partial charge in [0.1, 0.15) is 18.5 Å². The molecule has 28 heavy (non-hydrogen) atoms. The SMILES string of the molecule is c1ccc(C2CC(c3ccccc3)C(c3ccc(OCC4CO4)cc3)C2)cc1. The summed E-state index contributed by atoms with van der Waals surface area (Å²) in [6.45, 7) is 1.49. The number of rotatable bonds is 6. The van der Waals surface area contributed by atoms with Crippen LogP contribution in [0.4, 0.5) is 0 Å². The average Bonchev–Trinajstić information content (AvgIpc) is 3.50. The van der Waals surface area contributed by atoms with Crippen LogP contribution in [0.5, 0.6) is 5.75 Å². The number of benzene rings is 3. The van der Waals surface area contributed by atoms with Gasteiger partial charge in [0.05, 0.1) is 6.61 Å². The fourth-order valence-corrected chi connectivity index (χ4v) is 4.64. The van der Waals surface area contributed by atoms with Crippen LogP contribution in [0.15, 0.2) is 84.9 Å². The van der Waals surface area contributed by atoms with E-state index < -0.39 is 0 Å². The smallest absolute Gasteiger partial charge is 0.119 e. The van der Waals surface area contributed by atoms with Crippen LogP contribution in [0.1, 0.15) is 47.3 Å². The first-order chi connectivity index (χ1) is 13.9. The molecule has 4 unspecified atom stereocenters. The molecule has 0 N–H and O–H groups in total. The van der Waals surface area contributed by atoms with Crippen LogP contribution in [-0.4, -0.2) is 19.3 Å². The molecule has 0 spiro atoms. The fraction of sp³-hybridized carbons (Fsp3) is 0.308. The Morgan fingerprint density at radius 1 is 0.679 bits per heavy atom. The minimum atomic E-state index is 0.295. The van der Waals surface area contributed by atoms with Crippen molar-refractivity contribution >= 4 is 0 Å². The second-order valence-electron chi connectivity index (χ2n) is 8.04. The zero-order valence-electron chi connectivity index (χ0n) is 16.0. The van der Waals surface area contributed by atoms with Crippen molar-refractivity contribution in [2.24, 2.45) is 0 Å². The third kappa shape index (κ3) is 3.83. The highest BCUT2D eigenvalue weighted by Crippen LogP contribution is 2.52. The summed E-state index contributed by atoms with van der Waals surface area (Å²) in [5.41, 5.74) is 4.34. The first-order valence-electron chi connectivity index (χ1n) is 10.3. The van der Waals surface area contributed by atoms with Gasteiger partial charge < -0.3 is 9.47 Å². The third-order valence-electron chi connectivity index (χ3n) is 6.21. The van der Waals surface area contributed by atoms with Gasteiger partial charge in [-0.3, -0.25) is 0 Å². The van der Waals surface area contributed by atoms with Crippen LogP contribution in [0, 0.1) is 0 Å². The molecule has 0 amide bonds. The molecule has 1 saturated carbocycles. The zero-order valence-corrected chi connectivity index (χ0v) is 16.0. The Labute approximate surface area is 167 Å². The summed E-state index contributed by atoms with van der Waals surface area (Å²) in [6.07, 6.45) is 2.69. The van der Waals surface area contributed by atoms with E-state index in [-0.39, 0.29) is 0 Å². The standard InChI is InChI=1S/C26H26O2/c1-3-7-19(8-4-1)22-15-25(20-9-5-2-6-10-20)26(16-22)21-11-13-23(14-12-21)27-17-24-18-28-24/h1-14,22,24-26H,15-18H2. The van der Waals surface area contributed by atoms with Gasteiger partial charge in [-0.05, 0) is 59.4 Å². The predicted octanol–water partition coefficient (Wildman–Crippen LogP) is 5.91. The Bertz CT molecular complexity index is 885. The molecule has 2 aliphatic rings. The molecule has 3 aromatic carbocycles. The maximum atomic E-state index is 5.82. The van der Waals surface area contributed by atoms with Crippen molar-refractivity contribution in [3.05, 3.63) is 102 Å². The second-order valence-corrected chi connectivity index (χ2v) is 8.04. The minimum absolute atomic E-state index is 0.295. The van der Waals surface area contributed by atoms with Crippen molar-refractivity contribution in [2.75, 3.05) is 13.2 Å². The van der Waals surface area contributed by atoms with E-state index in [1.165, 1.54) is 29.5 Å². The van der Waals surface area contributed by atoms with Crippen LogP contribution in [0.3, 0.4) is 0 Å². The lowest BCUT2D eigenvalue weighted by atomic mass is 9.84. The molecule has 5 rings (SSSR count). The zero-order chi connectivity index (χ0) is 18.8. The van der Waals surface area contributed by atoms with Gasteiger partial charge >= 0.3 is 0 Å². The van der Waals surface area contributed by atoms with Crippen molar-refractivity contribution < 1.29 is 9.47 Å². The van der Waals surface area contributed by atoms with Crippen molar-refractivity contribution in [1.82, 2.24) is 0 Å². The summed E-state index contributed by atoms with van der Waals surface area (Å²) in [6, 6.07) is 30.8. The lowest BCUT2D eigenvalue weighted by Crippen LogP contribution is -2.06. The first kappa shape index (κ1) is 17.5. The lowest BCUT2D eigenvalue weighted by Gasteiger charge is -2.20. The number of hydrogen-bond donors (Lipinski definition) is 0. The van der Waals surface area contributed by atoms with Gasteiger partial charge in [0, 0.05) is 0 Å². The average molecular weight is 370 g/mol. The van der Waals surface area contributed by atoms with E-state index in [9.17, 15) is 0 Å². The molecule has 3 aromatic rings. The monoisotopic (exact) mass is 370 g/mol. The Hall–Kier alpha value is -2.58. The van der Waals surface area contributed by atoms with Crippen molar-refractivity contribution in [3.8, 4) is 5.75 Å². The number of hydrogen-bond acceptors (Lipinski definition) is 2. The summed E-state index contributed by atoms with van der Waals surface area (Å²) in [4.78, 5) is 0. The first-order valence-corrected chi connectivity index (χ1v) is 10.3. The molecule has 1 aliphatic carbocycles. The molecule has 2 nitrogen and oxygen atoms in total. The Morgan fingerprint density at radius 3 is 1.79 bits per heavy atom. The lowest BCUT2D eigenvalue weighted by molar-refractivity contribution is 0.263. The van der Waals surface area contributed by atoms with Gasteiger partial charge in [0.2, 0.25) is 0 Å². The number of ether oxygens (including phenoxy) is 2. The van der Waals surface area contributed by atoms with Crippen molar-refractivity contribution in [2.45, 2.75) is 36.7 Å². The van der Waals surface area contributed by atoms with Crippen molar-refractivity contribution in [3.63, 3.8) is 0 Å². The third-order valence-corrected chi connectivity index (χ3v) is 6.21. The summed E-state index contributed by atoms with van der Waals surface area (Å²) in [5, 5.41) is 0. The molecule has 0 bridgehead atoms. The maximum absolute atomic E-state index is 5.82. The highest BCUT2D eigenvalue weighted by Gasteiger charge is 2.36. The van der Waals surface area contributed by atoms with Gasteiger partial charge in [-0.15, -0.1) is 0 Å². The van der Waals surface area contributed by atoms with Crippen LogP contribution >= 0.6 is 0 Å². The molecular formula is C26H26O2. The Balaban J connectivity index is 1.39. The van der Waals surface area contributed by atoms with E-state index in [1.54, 1.807) is 0 Å². The van der Waals surface area contributed by atoms with E-state index in [0.29, 0.717) is 30.5 Å². The minimum Gasteiger partial charge on any atom is -0.491 e. The van der Waals surface area contributed by atoms with Crippen LogP contribution in [-0.2, 0) is 4.74 Å². The number of epoxide rings is 1. The molecule has 1 heterocycles. The van der Waals surface area contributed by atoms with E-state index in [4.69, 9.17) is 9.47 Å². The molecule has 4 atom stereocenters. The summed E-state index contributed by atoms with van der Waals surface area (Å²) >= 11 is 0. The van der Waals surface area contributed by atoms with Gasteiger partial charge in [0.15, 0.2) is 0 Å². The van der Waals surface area contributed by atoms with E-state index >= 15 is 0 Å².